The summed E-state index contributed by atoms with van der Waals surface area (Å²) in [4.78, 5) is 38.9. The van der Waals surface area contributed by atoms with Crippen LogP contribution in [0.15, 0.2) is 72.9 Å². The quantitative estimate of drug-likeness (QED) is 0.170. The lowest BCUT2D eigenvalue weighted by Crippen LogP contribution is -2.38. The molecule has 0 radical (unpaired) electrons. The highest BCUT2D eigenvalue weighted by atomic mass is 35.5. The van der Waals surface area contributed by atoms with Crippen LogP contribution in [0.25, 0.3) is 6.08 Å². The number of aryl methyl sites for hydroxylation is 1. The number of urea groups is 1. The predicted octanol–water partition coefficient (Wildman–Crippen LogP) is 6.15. The van der Waals surface area contributed by atoms with Crippen LogP contribution in [0, 0.1) is 6.92 Å². The highest BCUT2D eigenvalue weighted by Crippen LogP contribution is 2.35. The van der Waals surface area contributed by atoms with Gasteiger partial charge >= 0.3 is 6.03 Å². The van der Waals surface area contributed by atoms with Gasteiger partial charge in [-0.2, -0.15) is 0 Å². The second-order valence-corrected chi connectivity index (χ2v) is 9.85. The Kier molecular flexibility index (Phi) is 9.14. The minimum Gasteiger partial charge on any atom is -0.493 e. The van der Waals surface area contributed by atoms with E-state index in [1.807, 2.05) is 31.2 Å². The molecular formula is C30H27Cl2N3O5. The number of hydrogen-bond acceptors (Lipinski definition) is 5. The Hall–Kier alpha value is -4.27. The summed E-state index contributed by atoms with van der Waals surface area (Å²) in [6, 6.07) is 15.2. The van der Waals surface area contributed by atoms with Crippen LogP contribution in [0.5, 0.6) is 11.5 Å². The molecule has 2 N–H and O–H groups in total. The lowest BCUT2D eigenvalue weighted by atomic mass is 10.0. The van der Waals surface area contributed by atoms with Crippen molar-refractivity contribution < 1.29 is 23.9 Å². The average molecular weight is 580 g/mol. The number of nitrogens with zero attached hydrogens (tertiary/aromatic N) is 1. The third-order valence-corrected chi connectivity index (χ3v) is 6.75. The van der Waals surface area contributed by atoms with Gasteiger partial charge in [0.05, 0.1) is 17.2 Å². The number of imide groups is 1. The van der Waals surface area contributed by atoms with E-state index in [-0.39, 0.29) is 12.3 Å². The Balaban J connectivity index is 1.52. The fourth-order valence-corrected chi connectivity index (χ4v) is 4.36. The number of ether oxygens (including phenoxy) is 2. The molecule has 0 spiro atoms. The maximum absolute atomic E-state index is 13.0. The largest absolute Gasteiger partial charge is 0.493 e. The summed E-state index contributed by atoms with van der Waals surface area (Å²) in [6.07, 6.45) is 3.69. The van der Waals surface area contributed by atoms with Gasteiger partial charge < -0.3 is 20.1 Å². The molecule has 0 bridgehead atoms. The lowest BCUT2D eigenvalue weighted by molar-refractivity contribution is -0.127. The first-order chi connectivity index (χ1) is 19.2. The van der Waals surface area contributed by atoms with Gasteiger partial charge in [-0.3, -0.25) is 9.59 Å². The summed E-state index contributed by atoms with van der Waals surface area (Å²) < 4.78 is 11.7. The number of amides is 4. The zero-order chi connectivity index (χ0) is 28.8. The zero-order valence-corrected chi connectivity index (χ0v) is 23.4. The molecule has 206 valence electrons. The maximum atomic E-state index is 13.0. The van der Waals surface area contributed by atoms with Crippen LogP contribution >= 0.6 is 23.2 Å². The van der Waals surface area contributed by atoms with E-state index in [0.29, 0.717) is 39.2 Å². The van der Waals surface area contributed by atoms with E-state index >= 15 is 0 Å². The van der Waals surface area contributed by atoms with Crippen LogP contribution < -0.4 is 20.1 Å². The number of benzene rings is 3. The van der Waals surface area contributed by atoms with E-state index in [9.17, 15) is 14.4 Å². The second kappa shape index (κ2) is 12.7. The molecule has 1 heterocycles. The van der Waals surface area contributed by atoms with E-state index in [1.54, 1.807) is 36.4 Å². The molecule has 0 atom stereocenters. The van der Waals surface area contributed by atoms with Crippen LogP contribution in [0.3, 0.4) is 0 Å². The highest BCUT2D eigenvalue weighted by Gasteiger charge is 2.35. The number of methoxy groups -OCH3 is 1. The van der Waals surface area contributed by atoms with Crippen molar-refractivity contribution in [2.45, 2.75) is 20.0 Å². The van der Waals surface area contributed by atoms with Gasteiger partial charge in [-0.25, -0.2) is 9.69 Å². The fraction of sp³-hybridized carbons (Fsp3) is 0.167. The van der Waals surface area contributed by atoms with Crippen molar-refractivity contribution in [2.24, 2.45) is 0 Å². The Morgan fingerprint density at radius 1 is 1.07 bits per heavy atom. The minimum absolute atomic E-state index is 0.0317. The van der Waals surface area contributed by atoms with E-state index in [0.717, 1.165) is 21.6 Å². The Morgan fingerprint density at radius 3 is 2.50 bits per heavy atom. The topological polar surface area (TPSA) is 97.0 Å². The van der Waals surface area contributed by atoms with Crippen LogP contribution in [0.1, 0.15) is 22.3 Å². The molecule has 3 aromatic rings. The molecule has 0 aliphatic carbocycles. The van der Waals surface area contributed by atoms with Gasteiger partial charge in [-0.1, -0.05) is 53.0 Å². The summed E-state index contributed by atoms with van der Waals surface area (Å²) in [5, 5.41) is 6.10. The fourth-order valence-electron chi connectivity index (χ4n) is 4.04. The van der Waals surface area contributed by atoms with E-state index in [2.05, 4.69) is 17.2 Å². The average Bonchev–Trinajstić information content (AvgIpc) is 3.18. The van der Waals surface area contributed by atoms with Crippen molar-refractivity contribution in [3.8, 4) is 11.5 Å². The van der Waals surface area contributed by atoms with Crippen LogP contribution in [-0.2, 0) is 22.6 Å². The van der Waals surface area contributed by atoms with Crippen molar-refractivity contribution in [1.82, 2.24) is 10.2 Å². The SMILES string of the molecule is C=CCc1cc(/C=C2/NC(=O)N(CC(=O)Nc3ccc(C)cc3)C2=O)cc(OC)c1OCc1ccc(Cl)c(Cl)c1. The smallest absolute Gasteiger partial charge is 0.329 e. The molecule has 0 aromatic heterocycles. The third kappa shape index (κ3) is 6.83. The zero-order valence-electron chi connectivity index (χ0n) is 21.9. The third-order valence-electron chi connectivity index (χ3n) is 6.02. The van der Waals surface area contributed by atoms with Crippen LogP contribution in [-0.4, -0.2) is 36.4 Å². The molecule has 1 aliphatic rings. The van der Waals surface area contributed by atoms with Gasteiger partial charge in [0.1, 0.15) is 18.8 Å². The number of allylic oxidation sites excluding steroid dienone is 1. The summed E-state index contributed by atoms with van der Waals surface area (Å²) in [6.45, 7) is 5.54. The molecule has 10 heteroatoms. The minimum atomic E-state index is -0.685. The van der Waals surface area contributed by atoms with Gasteiger partial charge in [0.15, 0.2) is 11.5 Å². The standard InChI is InChI=1S/C30H27Cl2N3O5/c1-4-5-21-12-20(15-26(39-3)28(21)40-17-19-8-11-23(31)24(32)13-19)14-25-29(37)35(30(38)34-25)16-27(36)33-22-9-6-18(2)7-10-22/h4,6-15H,1,5,16-17H2,2-3H3,(H,33,36)(H,34,38)/b25-14+. The van der Waals surface area contributed by atoms with Crippen molar-refractivity contribution in [3.63, 3.8) is 0 Å². The van der Waals surface area contributed by atoms with Crippen LogP contribution in [0.2, 0.25) is 10.0 Å². The first kappa shape index (κ1) is 28.7. The van der Waals surface area contributed by atoms with Gasteiger partial charge in [-0.05, 0) is 66.9 Å². The van der Waals surface area contributed by atoms with Crippen LogP contribution in [0.4, 0.5) is 10.5 Å². The van der Waals surface area contributed by atoms with Gasteiger partial charge in [-0.15, -0.1) is 6.58 Å². The van der Waals surface area contributed by atoms with Gasteiger partial charge in [0.25, 0.3) is 5.91 Å². The number of rotatable bonds is 10. The first-order valence-electron chi connectivity index (χ1n) is 12.3. The number of carbonyl (C=O) groups is 3. The molecule has 4 amide bonds. The maximum Gasteiger partial charge on any atom is 0.329 e. The molecule has 1 saturated heterocycles. The molecule has 3 aromatic carbocycles. The molecule has 1 fully saturated rings. The summed E-state index contributed by atoms with van der Waals surface area (Å²) in [7, 11) is 1.51. The van der Waals surface area contributed by atoms with Crippen molar-refractivity contribution in [1.29, 1.82) is 0 Å². The number of carbonyl (C=O) groups excluding carboxylic acids is 3. The first-order valence-corrected chi connectivity index (χ1v) is 13.0. The molecule has 4 rings (SSSR count). The van der Waals surface area contributed by atoms with Crippen molar-refractivity contribution >= 4 is 52.8 Å². The second-order valence-electron chi connectivity index (χ2n) is 9.04. The normalized spacial score (nSPS) is 13.8. The summed E-state index contributed by atoms with van der Waals surface area (Å²) in [5.41, 5.74) is 3.81. The van der Waals surface area contributed by atoms with Gasteiger partial charge in [0.2, 0.25) is 5.91 Å². The molecule has 0 saturated carbocycles. The molecule has 40 heavy (non-hydrogen) atoms. The number of halogens is 2. The van der Waals surface area contributed by atoms with E-state index in [1.165, 1.54) is 13.2 Å². The molecule has 0 unspecified atom stereocenters. The molecule has 8 nitrogen and oxygen atoms in total. The van der Waals surface area contributed by atoms with Gasteiger partial charge in [0, 0.05) is 11.3 Å². The summed E-state index contributed by atoms with van der Waals surface area (Å²) in [5.74, 6) is -0.176. The van der Waals surface area contributed by atoms with E-state index < -0.39 is 24.4 Å². The van der Waals surface area contributed by atoms with E-state index in [4.69, 9.17) is 32.7 Å². The number of hydrogen-bond donors (Lipinski definition) is 2. The van der Waals surface area contributed by atoms with Crippen molar-refractivity contribution in [3.05, 3.63) is 105 Å². The Morgan fingerprint density at radius 2 is 1.82 bits per heavy atom. The lowest BCUT2D eigenvalue weighted by Gasteiger charge is -2.16. The number of nitrogens with one attached hydrogen (secondary N) is 2. The monoisotopic (exact) mass is 579 g/mol. The Bertz CT molecular complexity index is 1500. The Labute approximate surface area is 242 Å². The predicted molar refractivity (Wildman–Crippen MR) is 156 cm³/mol. The summed E-state index contributed by atoms with van der Waals surface area (Å²) >= 11 is 12.1. The molecule has 1 aliphatic heterocycles. The number of anilines is 1. The highest BCUT2D eigenvalue weighted by molar-refractivity contribution is 6.42. The van der Waals surface area contributed by atoms with Crippen molar-refractivity contribution in [2.75, 3.05) is 19.0 Å². The molecular weight excluding hydrogens is 553 g/mol.